The Morgan fingerprint density at radius 2 is 1.70 bits per heavy atom. The summed E-state index contributed by atoms with van der Waals surface area (Å²) in [6.07, 6.45) is 0. The number of amides is 2. The summed E-state index contributed by atoms with van der Waals surface area (Å²) in [5, 5.41) is 3.48. The zero-order valence-electron chi connectivity index (χ0n) is 16.2. The van der Waals surface area contributed by atoms with Gasteiger partial charge in [0.25, 0.3) is 0 Å². The van der Waals surface area contributed by atoms with Gasteiger partial charge in [0.2, 0.25) is 11.8 Å². The Hall–Kier alpha value is -2.37. The van der Waals surface area contributed by atoms with Crippen LogP contribution >= 0.6 is 11.6 Å². The van der Waals surface area contributed by atoms with E-state index in [1.54, 1.807) is 7.05 Å². The summed E-state index contributed by atoms with van der Waals surface area (Å²) < 4.78 is 0. The number of carbonyl (C=O) groups is 2. The van der Waals surface area contributed by atoms with E-state index in [1.807, 2.05) is 74.3 Å². The zero-order valence-corrected chi connectivity index (χ0v) is 17.0. The molecule has 0 radical (unpaired) electrons. The molecule has 27 heavy (non-hydrogen) atoms. The Morgan fingerprint density at radius 1 is 1.07 bits per heavy atom. The monoisotopic (exact) mass is 387 g/mol. The van der Waals surface area contributed by atoms with E-state index in [9.17, 15) is 9.59 Å². The first-order chi connectivity index (χ1) is 12.8. The van der Waals surface area contributed by atoms with Crippen molar-refractivity contribution in [2.24, 2.45) is 0 Å². The summed E-state index contributed by atoms with van der Waals surface area (Å²) in [4.78, 5) is 28.2. The molecule has 2 amide bonds. The van der Waals surface area contributed by atoms with E-state index in [0.29, 0.717) is 11.6 Å². The smallest absolute Gasteiger partial charge is 0.243 e. The molecule has 2 rings (SSSR count). The third kappa shape index (κ3) is 6.08. The van der Waals surface area contributed by atoms with Gasteiger partial charge in [-0.25, -0.2) is 0 Å². The number of rotatable bonds is 7. The minimum Gasteiger partial charge on any atom is -0.335 e. The fourth-order valence-corrected chi connectivity index (χ4v) is 2.87. The van der Waals surface area contributed by atoms with Gasteiger partial charge in [-0.2, -0.15) is 0 Å². The van der Waals surface area contributed by atoms with Crippen molar-refractivity contribution >= 4 is 29.1 Å². The van der Waals surface area contributed by atoms with Gasteiger partial charge in [-0.05, 0) is 44.7 Å². The number of hydrogen-bond acceptors (Lipinski definition) is 3. The normalized spacial score (nSPS) is 11.9. The summed E-state index contributed by atoms with van der Waals surface area (Å²) >= 11 is 6.20. The van der Waals surface area contributed by atoms with Crippen molar-refractivity contribution < 1.29 is 9.59 Å². The van der Waals surface area contributed by atoms with Crippen LogP contribution in [0, 0.1) is 6.92 Å². The summed E-state index contributed by atoms with van der Waals surface area (Å²) in [5.41, 5.74) is 2.80. The van der Waals surface area contributed by atoms with Crippen molar-refractivity contribution in [3.8, 4) is 0 Å². The Balaban J connectivity index is 1.89. The van der Waals surface area contributed by atoms with E-state index in [4.69, 9.17) is 11.6 Å². The molecule has 0 aromatic heterocycles. The minimum atomic E-state index is -0.376. The van der Waals surface area contributed by atoms with Crippen molar-refractivity contribution in [3.05, 3.63) is 64.7 Å². The van der Waals surface area contributed by atoms with Crippen LogP contribution in [0.2, 0.25) is 5.02 Å². The van der Waals surface area contributed by atoms with Crippen LogP contribution in [0.5, 0.6) is 0 Å². The van der Waals surface area contributed by atoms with E-state index >= 15 is 0 Å². The molecule has 0 fully saturated rings. The Morgan fingerprint density at radius 3 is 2.33 bits per heavy atom. The average molecular weight is 388 g/mol. The van der Waals surface area contributed by atoms with Crippen LogP contribution in [-0.2, 0) is 16.1 Å². The van der Waals surface area contributed by atoms with Crippen LogP contribution < -0.4 is 5.32 Å². The first kappa shape index (κ1) is 20.9. The molecule has 2 aromatic rings. The number of aryl methyl sites for hydroxylation is 1. The van der Waals surface area contributed by atoms with Gasteiger partial charge in [0.05, 0.1) is 12.6 Å². The number of nitrogens with one attached hydrogen (secondary N) is 1. The fraction of sp³-hybridized carbons (Fsp3) is 0.333. The molecule has 0 unspecified atom stereocenters. The molecule has 0 bridgehead atoms. The maximum atomic E-state index is 12.7. The summed E-state index contributed by atoms with van der Waals surface area (Å²) in [7, 11) is 3.50. The lowest BCUT2D eigenvalue weighted by molar-refractivity contribution is -0.137. The highest BCUT2D eigenvalue weighted by Gasteiger charge is 2.23. The number of carbonyl (C=O) groups excluding carboxylic acids is 2. The SMILES string of the molecule is Cc1ccc(NC(=O)CN(C)C(=O)[C@H](C)N(C)Cc2ccccc2Cl)cc1. The van der Waals surface area contributed by atoms with Crippen LogP contribution in [0.15, 0.2) is 48.5 Å². The molecule has 2 aromatic carbocycles. The highest BCUT2D eigenvalue weighted by Crippen LogP contribution is 2.17. The topological polar surface area (TPSA) is 52.7 Å². The second-order valence-electron chi connectivity index (χ2n) is 6.79. The Labute approximate surface area is 165 Å². The predicted molar refractivity (Wildman–Crippen MR) is 110 cm³/mol. The number of anilines is 1. The first-order valence-electron chi connectivity index (χ1n) is 8.83. The number of halogens is 1. The van der Waals surface area contributed by atoms with E-state index in [-0.39, 0.29) is 24.4 Å². The predicted octanol–water partition coefficient (Wildman–Crippen LogP) is 3.57. The maximum absolute atomic E-state index is 12.7. The van der Waals surface area contributed by atoms with Crippen LogP contribution in [0.3, 0.4) is 0 Å². The molecule has 1 N–H and O–H groups in total. The molecule has 1 atom stereocenters. The summed E-state index contributed by atoms with van der Waals surface area (Å²) in [5.74, 6) is -0.348. The van der Waals surface area contributed by atoms with Gasteiger partial charge in [0, 0.05) is 24.3 Å². The van der Waals surface area contributed by atoms with E-state index < -0.39 is 0 Å². The highest BCUT2D eigenvalue weighted by atomic mass is 35.5. The molecule has 144 valence electrons. The molecule has 0 spiro atoms. The molecular formula is C21H26ClN3O2. The number of hydrogen-bond donors (Lipinski definition) is 1. The van der Waals surface area contributed by atoms with Crippen LogP contribution in [-0.4, -0.2) is 48.3 Å². The second-order valence-corrected chi connectivity index (χ2v) is 7.20. The minimum absolute atomic E-state index is 0.00299. The van der Waals surface area contributed by atoms with Gasteiger partial charge in [-0.15, -0.1) is 0 Å². The second kappa shape index (κ2) is 9.53. The standard InChI is InChI=1S/C21H26ClN3O2/c1-15-9-11-18(12-10-15)23-20(26)14-25(4)21(27)16(2)24(3)13-17-7-5-6-8-19(17)22/h5-12,16H,13-14H2,1-4H3,(H,23,26)/t16-/m0/s1. The highest BCUT2D eigenvalue weighted by molar-refractivity contribution is 6.31. The van der Waals surface area contributed by atoms with Crippen LogP contribution in [0.25, 0.3) is 0 Å². The third-order valence-electron chi connectivity index (χ3n) is 4.49. The first-order valence-corrected chi connectivity index (χ1v) is 9.21. The molecular weight excluding hydrogens is 362 g/mol. The van der Waals surface area contributed by atoms with Crippen molar-refractivity contribution in [2.75, 3.05) is 26.0 Å². The van der Waals surface area contributed by atoms with E-state index in [1.165, 1.54) is 4.90 Å². The lowest BCUT2D eigenvalue weighted by atomic mass is 10.2. The summed E-state index contributed by atoms with van der Waals surface area (Å²) in [6.45, 7) is 4.36. The zero-order chi connectivity index (χ0) is 20.0. The molecule has 0 saturated heterocycles. The summed E-state index contributed by atoms with van der Waals surface area (Å²) in [6, 6.07) is 14.7. The molecule has 5 nitrogen and oxygen atoms in total. The number of nitrogens with zero attached hydrogens (tertiary/aromatic N) is 2. The van der Waals surface area contributed by atoms with Crippen LogP contribution in [0.1, 0.15) is 18.1 Å². The van der Waals surface area contributed by atoms with E-state index in [0.717, 1.165) is 16.8 Å². The van der Waals surface area contributed by atoms with Crippen molar-refractivity contribution in [3.63, 3.8) is 0 Å². The Kier molecular flexibility index (Phi) is 7.39. The van der Waals surface area contributed by atoms with Gasteiger partial charge in [0.15, 0.2) is 0 Å². The average Bonchev–Trinajstić information content (AvgIpc) is 2.64. The van der Waals surface area contributed by atoms with Crippen molar-refractivity contribution in [1.29, 1.82) is 0 Å². The largest absolute Gasteiger partial charge is 0.335 e. The van der Waals surface area contributed by atoms with Gasteiger partial charge < -0.3 is 10.2 Å². The number of likely N-dealkylation sites (N-methyl/N-ethyl adjacent to an activating group) is 2. The molecule has 6 heteroatoms. The molecule has 0 aliphatic heterocycles. The molecule has 0 saturated carbocycles. The van der Waals surface area contributed by atoms with Gasteiger partial charge in [-0.3, -0.25) is 14.5 Å². The Bertz CT molecular complexity index is 792. The maximum Gasteiger partial charge on any atom is 0.243 e. The van der Waals surface area contributed by atoms with Crippen LogP contribution in [0.4, 0.5) is 5.69 Å². The fourth-order valence-electron chi connectivity index (χ4n) is 2.67. The van der Waals surface area contributed by atoms with Gasteiger partial charge in [-0.1, -0.05) is 47.5 Å². The molecule has 0 aliphatic rings. The van der Waals surface area contributed by atoms with Crippen molar-refractivity contribution in [1.82, 2.24) is 9.80 Å². The van der Waals surface area contributed by atoms with Crippen molar-refractivity contribution in [2.45, 2.75) is 26.4 Å². The quantitative estimate of drug-likeness (QED) is 0.790. The molecule has 0 heterocycles. The lowest BCUT2D eigenvalue weighted by Gasteiger charge is -2.28. The van der Waals surface area contributed by atoms with Gasteiger partial charge >= 0.3 is 0 Å². The van der Waals surface area contributed by atoms with E-state index in [2.05, 4.69) is 5.32 Å². The lowest BCUT2D eigenvalue weighted by Crippen LogP contribution is -2.46. The molecule has 0 aliphatic carbocycles. The van der Waals surface area contributed by atoms with Gasteiger partial charge in [0.1, 0.15) is 0 Å². The number of benzene rings is 2. The third-order valence-corrected chi connectivity index (χ3v) is 4.86.